The van der Waals surface area contributed by atoms with E-state index in [1.54, 1.807) is 4.68 Å². The molecule has 4 aromatic rings. The van der Waals surface area contributed by atoms with E-state index in [4.69, 9.17) is 0 Å². The minimum absolute atomic E-state index is 0.0621. The molecule has 1 aliphatic heterocycles. The highest BCUT2D eigenvalue weighted by Gasteiger charge is 2.40. The van der Waals surface area contributed by atoms with Crippen LogP contribution in [0.1, 0.15) is 65.1 Å². The van der Waals surface area contributed by atoms with E-state index in [1.165, 1.54) is 5.56 Å². The molecule has 0 fully saturated rings. The molecule has 0 radical (unpaired) electrons. The minimum atomic E-state index is -3.24. The van der Waals surface area contributed by atoms with Crippen LogP contribution >= 0.6 is 26.7 Å². The van der Waals surface area contributed by atoms with Crippen LogP contribution in [0, 0.1) is 12.8 Å². The highest BCUT2D eigenvalue weighted by Crippen LogP contribution is 2.60. The lowest BCUT2D eigenvalue weighted by molar-refractivity contribution is -0.137. The fourth-order valence-electron chi connectivity index (χ4n) is 6.56. The smallest absolute Gasteiger partial charge is 0.304 e. The molecule has 0 saturated carbocycles. The van der Waals surface area contributed by atoms with Gasteiger partial charge in [-0.05, 0) is 83.7 Å². The maximum atomic E-state index is 12.1. The van der Waals surface area contributed by atoms with Crippen molar-refractivity contribution < 1.29 is 19.0 Å². The summed E-state index contributed by atoms with van der Waals surface area (Å²) in [6, 6.07) is 15.8. The molecule has 0 bridgehead atoms. The quantitative estimate of drug-likeness (QED) is 0.222. The number of aromatic nitrogens is 3. The van der Waals surface area contributed by atoms with Crippen molar-refractivity contribution in [3.63, 3.8) is 0 Å². The summed E-state index contributed by atoms with van der Waals surface area (Å²) in [6.45, 7) is 4.69. The van der Waals surface area contributed by atoms with Gasteiger partial charge in [-0.2, -0.15) is 4.31 Å². The molecule has 0 amide bonds. The number of aryl methyl sites for hydroxylation is 3. The van der Waals surface area contributed by atoms with Gasteiger partial charge in [-0.15, -0.1) is 15.9 Å². The molecule has 3 aromatic carbocycles. The van der Waals surface area contributed by atoms with Gasteiger partial charge >= 0.3 is 5.97 Å². The molecule has 1 aliphatic carbocycles. The Kier molecular flexibility index (Phi) is 7.03. The summed E-state index contributed by atoms with van der Waals surface area (Å²) in [7, 11) is -1.40. The standard InChI is InChI=1S/C30H33BrN4O4S/c1-17-12-21-6-8-22(31)14-28(21)40(38,39)35(16-17)26-10-7-19-4-5-20(13-25(19)26)24(15-29(36)37)23-9-11-27-30(18(23)2)32-33-34(27)3/h4-6,8-9,11,13-14,17,24,26,38-39H,7,10,12,15-16H2,1-3H3,(H,36,37). The average Bonchev–Trinajstić information content (AvgIpc) is 3.48. The minimum Gasteiger partial charge on any atom is -0.481 e. The first-order valence-corrected chi connectivity index (χ1v) is 15.8. The van der Waals surface area contributed by atoms with Crippen molar-refractivity contribution in [1.29, 1.82) is 0 Å². The Hall–Kier alpha value is -2.76. The lowest BCUT2D eigenvalue weighted by Crippen LogP contribution is -2.33. The summed E-state index contributed by atoms with van der Waals surface area (Å²) in [4.78, 5) is 12.7. The van der Waals surface area contributed by atoms with Crippen LogP contribution in [-0.2, 0) is 24.7 Å². The van der Waals surface area contributed by atoms with Crippen LogP contribution in [0.3, 0.4) is 0 Å². The first kappa shape index (κ1) is 27.4. The third kappa shape index (κ3) is 4.65. The van der Waals surface area contributed by atoms with Gasteiger partial charge in [0, 0.05) is 24.0 Å². The second-order valence-electron chi connectivity index (χ2n) is 11.2. The van der Waals surface area contributed by atoms with Crippen LogP contribution in [0.25, 0.3) is 11.0 Å². The number of carboxylic acid groups (broad SMARTS) is 1. The van der Waals surface area contributed by atoms with Gasteiger partial charge in [0.05, 0.1) is 22.9 Å². The largest absolute Gasteiger partial charge is 0.481 e. The number of hydrogen-bond acceptors (Lipinski definition) is 6. The first-order valence-electron chi connectivity index (χ1n) is 13.5. The number of aliphatic carboxylic acids is 1. The summed E-state index contributed by atoms with van der Waals surface area (Å²) in [6.07, 6.45) is 2.33. The van der Waals surface area contributed by atoms with Crippen molar-refractivity contribution in [3.8, 4) is 0 Å². The van der Waals surface area contributed by atoms with E-state index < -0.39 is 16.7 Å². The number of carboxylic acids is 1. The van der Waals surface area contributed by atoms with Crippen LogP contribution in [0.5, 0.6) is 0 Å². The van der Waals surface area contributed by atoms with Crippen molar-refractivity contribution in [2.75, 3.05) is 6.54 Å². The molecule has 3 atom stereocenters. The Morgan fingerprint density at radius 3 is 2.70 bits per heavy atom. The molecule has 3 N–H and O–H groups in total. The zero-order chi connectivity index (χ0) is 28.3. The Morgan fingerprint density at radius 1 is 1.15 bits per heavy atom. The van der Waals surface area contributed by atoms with Crippen LogP contribution < -0.4 is 0 Å². The van der Waals surface area contributed by atoms with Crippen molar-refractivity contribution in [2.24, 2.45) is 13.0 Å². The van der Waals surface area contributed by atoms with Crippen molar-refractivity contribution >= 4 is 43.7 Å². The topological polar surface area (TPSA) is 112 Å². The van der Waals surface area contributed by atoms with Gasteiger partial charge < -0.3 is 5.11 Å². The maximum Gasteiger partial charge on any atom is 0.304 e. The molecule has 3 unspecified atom stereocenters. The predicted molar refractivity (Wildman–Crippen MR) is 160 cm³/mol. The van der Waals surface area contributed by atoms with E-state index >= 15 is 0 Å². The summed E-state index contributed by atoms with van der Waals surface area (Å²) >= 11 is 3.52. The maximum absolute atomic E-state index is 12.1. The number of nitrogens with zero attached hydrogens (tertiary/aromatic N) is 4. The number of benzene rings is 3. The van der Waals surface area contributed by atoms with E-state index in [2.05, 4.69) is 45.3 Å². The molecule has 6 rings (SSSR count). The fraction of sp³-hybridized carbons (Fsp3) is 0.367. The van der Waals surface area contributed by atoms with Crippen molar-refractivity contribution in [3.05, 3.63) is 86.4 Å². The lowest BCUT2D eigenvalue weighted by atomic mass is 9.84. The zero-order valence-electron chi connectivity index (χ0n) is 22.7. The molecule has 10 heteroatoms. The summed E-state index contributed by atoms with van der Waals surface area (Å²) < 4.78 is 28.0. The van der Waals surface area contributed by atoms with Crippen LogP contribution in [-0.4, -0.2) is 46.0 Å². The summed E-state index contributed by atoms with van der Waals surface area (Å²) in [5.41, 5.74) is 7.61. The van der Waals surface area contributed by atoms with Gasteiger partial charge in [0.15, 0.2) is 0 Å². The molecule has 0 saturated heterocycles. The van der Waals surface area contributed by atoms with Crippen molar-refractivity contribution in [1.82, 2.24) is 19.3 Å². The third-order valence-electron chi connectivity index (χ3n) is 8.51. The lowest BCUT2D eigenvalue weighted by Gasteiger charge is -2.46. The molecule has 210 valence electrons. The molecule has 0 spiro atoms. The van der Waals surface area contributed by atoms with Gasteiger partial charge in [-0.1, -0.05) is 58.4 Å². The molecule has 8 nitrogen and oxygen atoms in total. The van der Waals surface area contributed by atoms with E-state index in [-0.39, 0.29) is 24.3 Å². The molecule has 2 heterocycles. The van der Waals surface area contributed by atoms with Gasteiger partial charge in [-0.25, -0.2) is 4.68 Å². The number of halogens is 1. The molecular weight excluding hydrogens is 592 g/mol. The first-order chi connectivity index (χ1) is 19.0. The molecule has 40 heavy (non-hydrogen) atoms. The summed E-state index contributed by atoms with van der Waals surface area (Å²) in [5.74, 6) is -1.02. The molecule has 2 aliphatic rings. The number of rotatable bonds is 5. The summed E-state index contributed by atoms with van der Waals surface area (Å²) in [5, 5.41) is 18.4. The van der Waals surface area contributed by atoms with Gasteiger partial charge in [0.1, 0.15) is 5.52 Å². The monoisotopic (exact) mass is 624 g/mol. The molecule has 1 aromatic heterocycles. The predicted octanol–water partition coefficient (Wildman–Crippen LogP) is 6.85. The van der Waals surface area contributed by atoms with Gasteiger partial charge in [-0.3, -0.25) is 13.9 Å². The van der Waals surface area contributed by atoms with Crippen LogP contribution in [0.15, 0.2) is 57.9 Å². The highest BCUT2D eigenvalue weighted by molar-refractivity contribution is 9.10. The normalized spacial score (nSPS) is 21.9. The Balaban J connectivity index is 1.43. The Morgan fingerprint density at radius 2 is 1.93 bits per heavy atom. The highest BCUT2D eigenvalue weighted by atomic mass is 79.9. The van der Waals surface area contributed by atoms with Gasteiger partial charge in [0.2, 0.25) is 0 Å². The van der Waals surface area contributed by atoms with E-state index in [0.717, 1.165) is 62.6 Å². The Labute approximate surface area is 243 Å². The Bertz CT molecular complexity index is 1640. The fourth-order valence-corrected chi connectivity index (χ4v) is 9.15. The number of fused-ring (bicyclic) bond motifs is 3. The second-order valence-corrected chi connectivity index (χ2v) is 14.1. The van der Waals surface area contributed by atoms with Crippen LogP contribution in [0.2, 0.25) is 0 Å². The van der Waals surface area contributed by atoms with Crippen LogP contribution in [0.4, 0.5) is 0 Å². The van der Waals surface area contributed by atoms with E-state index in [1.807, 2.05) is 54.7 Å². The van der Waals surface area contributed by atoms with E-state index in [9.17, 15) is 19.0 Å². The van der Waals surface area contributed by atoms with E-state index in [0.29, 0.717) is 11.4 Å². The van der Waals surface area contributed by atoms with Crippen molar-refractivity contribution in [2.45, 2.75) is 56.4 Å². The average molecular weight is 626 g/mol. The molecular formula is C30H33BrN4O4S. The zero-order valence-corrected chi connectivity index (χ0v) is 25.1. The number of hydrogen-bond donors (Lipinski definition) is 3. The SMILES string of the molecule is Cc1c(C(CC(=O)O)c2ccc3c(c2)C(N2CC(C)Cc4ccc(Br)cc4S2(O)O)CC3)ccc2c1nnn2C. The number of carbonyl (C=O) groups is 1. The van der Waals surface area contributed by atoms with Gasteiger partial charge in [0.25, 0.3) is 0 Å². The second kappa shape index (κ2) is 10.3. The third-order valence-corrected chi connectivity index (χ3v) is 11.0.